The summed E-state index contributed by atoms with van der Waals surface area (Å²) in [4.78, 5) is 4.65. The molecule has 162 valence electrons. The molecule has 1 fully saturated rings. The quantitative estimate of drug-likeness (QED) is 0.385. The Morgan fingerprint density at radius 2 is 1.67 bits per heavy atom. The van der Waals surface area contributed by atoms with E-state index in [1.165, 1.54) is 5.56 Å². The molecule has 0 unspecified atom stereocenters. The molecule has 2 aromatic rings. The van der Waals surface area contributed by atoms with Crippen molar-refractivity contribution in [3.63, 3.8) is 0 Å². The summed E-state index contributed by atoms with van der Waals surface area (Å²) in [5.74, 6) is 0.674. The van der Waals surface area contributed by atoms with E-state index in [1.54, 1.807) is 23.5 Å². The van der Waals surface area contributed by atoms with Crippen LogP contribution in [0.1, 0.15) is 36.8 Å². The normalized spacial score (nSPS) is 15.7. The van der Waals surface area contributed by atoms with Crippen molar-refractivity contribution in [2.24, 2.45) is 4.99 Å². The maximum absolute atomic E-state index is 13.1. The Morgan fingerprint density at radius 3 is 2.40 bits per heavy atom. The minimum Gasteiger partial charge on any atom is -0.356 e. The molecule has 7 heteroatoms. The van der Waals surface area contributed by atoms with Gasteiger partial charge in [-0.1, -0.05) is 55.0 Å². The predicted molar refractivity (Wildman–Crippen MR) is 122 cm³/mol. The van der Waals surface area contributed by atoms with Crippen molar-refractivity contribution in [1.29, 1.82) is 0 Å². The second-order valence-electron chi connectivity index (χ2n) is 7.51. The SMILES string of the molecule is CN=C(NCCCc1ccccc1)NCc1ccccc1S(=O)(=O)N1CCCCC1. The van der Waals surface area contributed by atoms with Gasteiger partial charge in [0.1, 0.15) is 0 Å². The van der Waals surface area contributed by atoms with E-state index in [0.717, 1.165) is 44.2 Å². The van der Waals surface area contributed by atoms with Crippen LogP contribution in [0.15, 0.2) is 64.5 Å². The van der Waals surface area contributed by atoms with Gasteiger partial charge < -0.3 is 10.6 Å². The van der Waals surface area contributed by atoms with E-state index in [4.69, 9.17) is 0 Å². The number of piperidine rings is 1. The van der Waals surface area contributed by atoms with Gasteiger partial charge in [0, 0.05) is 33.2 Å². The van der Waals surface area contributed by atoms with Crippen molar-refractivity contribution in [3.8, 4) is 0 Å². The van der Waals surface area contributed by atoms with E-state index in [-0.39, 0.29) is 0 Å². The molecule has 0 saturated carbocycles. The Balaban J connectivity index is 1.55. The molecule has 0 spiro atoms. The Labute approximate surface area is 180 Å². The minimum absolute atomic E-state index is 0.388. The Morgan fingerprint density at radius 1 is 0.967 bits per heavy atom. The van der Waals surface area contributed by atoms with E-state index in [1.807, 2.05) is 18.2 Å². The molecular weight excluding hydrogens is 396 g/mol. The van der Waals surface area contributed by atoms with Gasteiger partial charge in [-0.15, -0.1) is 0 Å². The summed E-state index contributed by atoms with van der Waals surface area (Å²) in [7, 11) is -1.74. The van der Waals surface area contributed by atoms with E-state index >= 15 is 0 Å². The Bertz CT molecular complexity index is 923. The molecule has 2 aromatic carbocycles. The van der Waals surface area contributed by atoms with E-state index in [9.17, 15) is 8.42 Å². The van der Waals surface area contributed by atoms with Gasteiger partial charge in [0.2, 0.25) is 10.0 Å². The van der Waals surface area contributed by atoms with Gasteiger partial charge in [-0.25, -0.2) is 8.42 Å². The van der Waals surface area contributed by atoms with Crippen LogP contribution in [0.5, 0.6) is 0 Å². The molecule has 1 aliphatic heterocycles. The van der Waals surface area contributed by atoms with Crippen molar-refractivity contribution in [2.45, 2.75) is 43.5 Å². The minimum atomic E-state index is -3.47. The van der Waals surface area contributed by atoms with Gasteiger partial charge in [-0.2, -0.15) is 4.31 Å². The number of guanidine groups is 1. The average Bonchev–Trinajstić information content (AvgIpc) is 2.80. The molecule has 3 rings (SSSR count). The molecule has 0 aromatic heterocycles. The lowest BCUT2D eigenvalue weighted by Crippen LogP contribution is -2.39. The summed E-state index contributed by atoms with van der Waals surface area (Å²) in [6, 6.07) is 17.6. The Kier molecular flexibility index (Phi) is 8.28. The highest BCUT2D eigenvalue weighted by molar-refractivity contribution is 7.89. The summed E-state index contributed by atoms with van der Waals surface area (Å²) in [6.07, 6.45) is 4.95. The second-order valence-corrected chi connectivity index (χ2v) is 9.42. The number of aryl methyl sites for hydroxylation is 1. The third kappa shape index (κ3) is 6.06. The molecule has 0 atom stereocenters. The van der Waals surface area contributed by atoms with Gasteiger partial charge >= 0.3 is 0 Å². The lowest BCUT2D eigenvalue weighted by molar-refractivity contribution is 0.346. The fraction of sp³-hybridized carbons (Fsp3) is 0.435. The van der Waals surface area contributed by atoms with Crippen LogP contribution in [-0.2, 0) is 23.0 Å². The molecule has 1 heterocycles. The molecule has 1 aliphatic rings. The number of benzene rings is 2. The summed E-state index contributed by atoms with van der Waals surface area (Å²) in [5, 5.41) is 6.57. The zero-order valence-corrected chi connectivity index (χ0v) is 18.5. The number of aliphatic imine (C=N–C) groups is 1. The molecule has 1 saturated heterocycles. The number of nitrogens with one attached hydrogen (secondary N) is 2. The van der Waals surface area contributed by atoms with Gasteiger partial charge in [0.15, 0.2) is 5.96 Å². The Hall–Kier alpha value is -2.38. The fourth-order valence-electron chi connectivity index (χ4n) is 3.69. The van der Waals surface area contributed by atoms with Crippen LogP contribution in [-0.4, -0.2) is 45.4 Å². The van der Waals surface area contributed by atoms with Crippen molar-refractivity contribution in [1.82, 2.24) is 14.9 Å². The van der Waals surface area contributed by atoms with Gasteiger partial charge in [-0.3, -0.25) is 4.99 Å². The summed E-state index contributed by atoms with van der Waals surface area (Å²) < 4.78 is 27.9. The van der Waals surface area contributed by atoms with E-state index in [0.29, 0.717) is 30.5 Å². The molecule has 6 nitrogen and oxygen atoms in total. The molecule has 0 aliphatic carbocycles. The summed E-state index contributed by atoms with van der Waals surface area (Å²) in [6.45, 7) is 2.41. The van der Waals surface area contributed by atoms with Crippen LogP contribution >= 0.6 is 0 Å². The summed E-state index contributed by atoms with van der Waals surface area (Å²) in [5.41, 5.74) is 2.08. The van der Waals surface area contributed by atoms with Crippen molar-refractivity contribution >= 4 is 16.0 Å². The molecule has 30 heavy (non-hydrogen) atoms. The largest absolute Gasteiger partial charge is 0.356 e. The van der Waals surface area contributed by atoms with Crippen molar-refractivity contribution in [2.75, 3.05) is 26.7 Å². The first-order valence-corrected chi connectivity index (χ1v) is 12.1. The van der Waals surface area contributed by atoms with Crippen LogP contribution in [0.4, 0.5) is 0 Å². The van der Waals surface area contributed by atoms with E-state index in [2.05, 4.69) is 39.9 Å². The van der Waals surface area contributed by atoms with Crippen LogP contribution < -0.4 is 10.6 Å². The second kappa shape index (κ2) is 11.1. The predicted octanol–water partition coefficient (Wildman–Crippen LogP) is 3.16. The molecule has 2 N–H and O–H groups in total. The van der Waals surface area contributed by atoms with E-state index < -0.39 is 10.0 Å². The van der Waals surface area contributed by atoms with Gasteiger partial charge in [-0.05, 0) is 42.9 Å². The van der Waals surface area contributed by atoms with Crippen LogP contribution in [0.3, 0.4) is 0 Å². The maximum Gasteiger partial charge on any atom is 0.243 e. The topological polar surface area (TPSA) is 73.8 Å². The lowest BCUT2D eigenvalue weighted by Gasteiger charge is -2.27. The summed E-state index contributed by atoms with van der Waals surface area (Å²) >= 11 is 0. The number of hydrogen-bond donors (Lipinski definition) is 2. The first kappa shape index (κ1) is 22.3. The molecule has 0 amide bonds. The zero-order valence-electron chi connectivity index (χ0n) is 17.7. The highest BCUT2D eigenvalue weighted by Gasteiger charge is 2.27. The van der Waals surface area contributed by atoms with Crippen molar-refractivity contribution < 1.29 is 8.42 Å². The number of nitrogens with zero attached hydrogens (tertiary/aromatic N) is 2. The molecular formula is C23H32N4O2S. The van der Waals surface area contributed by atoms with Crippen LogP contribution in [0.2, 0.25) is 0 Å². The highest BCUT2D eigenvalue weighted by atomic mass is 32.2. The fourth-order valence-corrected chi connectivity index (χ4v) is 5.43. The highest BCUT2D eigenvalue weighted by Crippen LogP contribution is 2.23. The monoisotopic (exact) mass is 428 g/mol. The smallest absolute Gasteiger partial charge is 0.243 e. The lowest BCUT2D eigenvalue weighted by atomic mass is 10.1. The maximum atomic E-state index is 13.1. The average molecular weight is 429 g/mol. The van der Waals surface area contributed by atoms with Gasteiger partial charge in [0.25, 0.3) is 0 Å². The molecule has 0 radical (unpaired) electrons. The number of sulfonamides is 1. The zero-order chi connectivity index (χ0) is 21.2. The van der Waals surface area contributed by atoms with Crippen LogP contribution in [0.25, 0.3) is 0 Å². The standard InChI is InChI=1S/C23H32N4O2S/c1-24-23(25-16-10-13-20-11-4-2-5-12-20)26-19-21-14-6-7-15-22(21)30(28,29)27-17-8-3-9-18-27/h2,4-7,11-12,14-15H,3,8-10,13,16-19H2,1H3,(H2,24,25,26). The number of hydrogen-bond acceptors (Lipinski definition) is 3. The third-order valence-electron chi connectivity index (χ3n) is 5.35. The first-order chi connectivity index (χ1) is 14.6. The third-order valence-corrected chi connectivity index (χ3v) is 7.35. The van der Waals surface area contributed by atoms with Gasteiger partial charge in [0.05, 0.1) is 4.90 Å². The number of rotatable bonds is 8. The van der Waals surface area contributed by atoms with Crippen molar-refractivity contribution in [3.05, 3.63) is 65.7 Å². The first-order valence-electron chi connectivity index (χ1n) is 10.7. The van der Waals surface area contributed by atoms with Crippen LogP contribution in [0, 0.1) is 0 Å². The molecule has 0 bridgehead atoms.